The second-order valence-electron chi connectivity index (χ2n) is 8.08. The summed E-state index contributed by atoms with van der Waals surface area (Å²) in [7, 11) is 0. The van der Waals surface area contributed by atoms with Crippen LogP contribution in [0.1, 0.15) is 63.3 Å². The van der Waals surface area contributed by atoms with E-state index in [-0.39, 0.29) is 16.4 Å². The molecule has 2 aromatic rings. The van der Waals surface area contributed by atoms with Crippen molar-refractivity contribution in [1.82, 2.24) is 9.36 Å². The summed E-state index contributed by atoms with van der Waals surface area (Å²) in [5, 5.41) is 0. The van der Waals surface area contributed by atoms with Crippen molar-refractivity contribution in [3.05, 3.63) is 51.4 Å². The van der Waals surface area contributed by atoms with Gasteiger partial charge in [-0.3, -0.25) is 9.48 Å². The fraction of sp³-hybridized carbons (Fsp3) is 0.550. The molecule has 1 heterocycles. The van der Waals surface area contributed by atoms with Gasteiger partial charge in [-0.25, -0.2) is 4.68 Å². The lowest BCUT2D eigenvalue weighted by atomic mass is 9.70. The van der Waals surface area contributed by atoms with Crippen molar-refractivity contribution in [2.45, 2.75) is 65.3 Å². The van der Waals surface area contributed by atoms with E-state index in [1.807, 2.05) is 4.68 Å². The molecule has 2 aliphatic rings. The van der Waals surface area contributed by atoms with Gasteiger partial charge in [0.15, 0.2) is 0 Å². The summed E-state index contributed by atoms with van der Waals surface area (Å²) < 4.78 is 4.15. The molecule has 0 saturated heterocycles. The average molecular weight is 310 g/mol. The fourth-order valence-corrected chi connectivity index (χ4v) is 5.13. The highest BCUT2D eigenvalue weighted by Crippen LogP contribution is 2.67. The van der Waals surface area contributed by atoms with Gasteiger partial charge < -0.3 is 0 Å². The largest absolute Gasteiger partial charge is 0.281 e. The third-order valence-electron chi connectivity index (χ3n) is 6.85. The molecule has 3 heteroatoms. The van der Waals surface area contributed by atoms with Crippen molar-refractivity contribution in [3.63, 3.8) is 0 Å². The number of rotatable bonds is 2. The Labute approximate surface area is 137 Å². The predicted molar refractivity (Wildman–Crippen MR) is 93.5 cm³/mol. The zero-order valence-electron chi connectivity index (χ0n) is 14.8. The minimum Gasteiger partial charge on any atom is -0.281 e. The maximum Gasteiger partial charge on any atom is 0.275 e. The predicted octanol–water partition coefficient (Wildman–Crippen LogP) is 4.14. The Morgan fingerprint density at radius 3 is 2.43 bits per heavy atom. The summed E-state index contributed by atoms with van der Waals surface area (Å²) in [5.74, 6) is 0.402. The molecule has 2 atom stereocenters. The molecule has 3 nitrogen and oxygen atoms in total. The second kappa shape index (κ2) is 4.40. The Morgan fingerprint density at radius 2 is 1.83 bits per heavy atom. The molecule has 2 bridgehead atoms. The third-order valence-corrected chi connectivity index (χ3v) is 6.85. The number of hydrogen-bond acceptors (Lipinski definition) is 1. The average Bonchev–Trinajstić information content (AvgIpc) is 3.00. The Kier molecular flexibility index (Phi) is 2.83. The van der Waals surface area contributed by atoms with E-state index in [0.29, 0.717) is 5.92 Å². The normalized spacial score (nSPS) is 27.4. The van der Waals surface area contributed by atoms with E-state index in [9.17, 15) is 4.79 Å². The second-order valence-corrected chi connectivity index (χ2v) is 8.08. The van der Waals surface area contributed by atoms with E-state index in [4.69, 9.17) is 0 Å². The number of aryl methyl sites for hydroxylation is 1. The van der Waals surface area contributed by atoms with Crippen LogP contribution in [-0.4, -0.2) is 9.36 Å². The molecule has 0 amide bonds. The molecule has 0 aliphatic heterocycles. The van der Waals surface area contributed by atoms with Crippen LogP contribution in [0.15, 0.2) is 29.1 Å². The van der Waals surface area contributed by atoms with Crippen molar-refractivity contribution in [1.29, 1.82) is 0 Å². The third kappa shape index (κ3) is 1.58. The van der Waals surface area contributed by atoms with Gasteiger partial charge in [0.2, 0.25) is 0 Å². The van der Waals surface area contributed by atoms with Crippen LogP contribution in [0.25, 0.3) is 5.69 Å². The molecule has 1 aromatic heterocycles. The van der Waals surface area contributed by atoms with Gasteiger partial charge in [0.1, 0.15) is 0 Å². The summed E-state index contributed by atoms with van der Waals surface area (Å²) in [4.78, 5) is 13.3. The molecule has 1 fully saturated rings. The monoisotopic (exact) mass is 310 g/mol. The lowest BCUT2D eigenvalue weighted by Gasteiger charge is -2.36. The number of hydrogen-bond donors (Lipinski definition) is 0. The molecule has 0 N–H and O–H groups in total. The molecule has 1 unspecified atom stereocenters. The lowest BCUT2D eigenvalue weighted by Crippen LogP contribution is -2.35. The molecule has 1 aromatic carbocycles. The van der Waals surface area contributed by atoms with E-state index in [1.165, 1.54) is 17.7 Å². The molecule has 23 heavy (non-hydrogen) atoms. The van der Waals surface area contributed by atoms with Crippen molar-refractivity contribution in [2.75, 3.05) is 0 Å². The Morgan fingerprint density at radius 1 is 1.17 bits per heavy atom. The van der Waals surface area contributed by atoms with Crippen LogP contribution < -0.4 is 5.56 Å². The quantitative estimate of drug-likeness (QED) is 0.819. The molecule has 0 radical (unpaired) electrons. The van der Waals surface area contributed by atoms with Gasteiger partial charge >= 0.3 is 0 Å². The number of aromatic nitrogens is 2. The lowest BCUT2D eigenvalue weighted by molar-refractivity contribution is 0.216. The first-order chi connectivity index (χ1) is 10.8. The standard InChI is InChI=1S/C20H26N2O/c1-6-21-17-16(15-11-12-20(17,5)19(15,3)4)18(23)22(21)14-9-7-13(2)8-10-14/h7-10,15H,6,11-12H2,1-5H3/t15?,20-/m0/s1. The summed E-state index contributed by atoms with van der Waals surface area (Å²) in [6.45, 7) is 12.1. The summed E-state index contributed by atoms with van der Waals surface area (Å²) >= 11 is 0. The number of benzene rings is 1. The van der Waals surface area contributed by atoms with Crippen LogP contribution in [0.2, 0.25) is 0 Å². The smallest absolute Gasteiger partial charge is 0.275 e. The van der Waals surface area contributed by atoms with Gasteiger partial charge in [-0.2, -0.15) is 0 Å². The molecule has 2 aliphatic carbocycles. The minimum atomic E-state index is 0.109. The maximum absolute atomic E-state index is 13.3. The molecule has 4 rings (SSSR count). The van der Waals surface area contributed by atoms with Crippen molar-refractivity contribution < 1.29 is 0 Å². The van der Waals surface area contributed by atoms with Gasteiger partial charge in [0.25, 0.3) is 5.56 Å². The first-order valence-corrected chi connectivity index (χ1v) is 8.76. The number of nitrogens with zero attached hydrogens (tertiary/aromatic N) is 2. The van der Waals surface area contributed by atoms with Gasteiger partial charge in [-0.1, -0.05) is 38.5 Å². The van der Waals surface area contributed by atoms with Crippen LogP contribution in [0.4, 0.5) is 0 Å². The molecular weight excluding hydrogens is 284 g/mol. The van der Waals surface area contributed by atoms with Gasteiger partial charge in [-0.15, -0.1) is 0 Å². The summed E-state index contributed by atoms with van der Waals surface area (Å²) in [5.41, 5.74) is 5.08. The van der Waals surface area contributed by atoms with E-state index >= 15 is 0 Å². The van der Waals surface area contributed by atoms with Gasteiger partial charge in [-0.05, 0) is 50.2 Å². The van der Waals surface area contributed by atoms with Crippen molar-refractivity contribution in [3.8, 4) is 5.69 Å². The Balaban J connectivity index is 2.03. The molecule has 122 valence electrons. The van der Waals surface area contributed by atoms with E-state index in [0.717, 1.165) is 24.2 Å². The zero-order valence-corrected chi connectivity index (χ0v) is 14.8. The molecular formula is C20H26N2O. The first kappa shape index (κ1) is 14.8. The van der Waals surface area contributed by atoms with Crippen molar-refractivity contribution >= 4 is 0 Å². The summed E-state index contributed by atoms with van der Waals surface area (Å²) in [6.07, 6.45) is 2.34. The topological polar surface area (TPSA) is 26.9 Å². The minimum absolute atomic E-state index is 0.109. The van der Waals surface area contributed by atoms with E-state index < -0.39 is 0 Å². The van der Waals surface area contributed by atoms with Crippen LogP contribution in [0, 0.1) is 12.3 Å². The Hall–Kier alpha value is -1.77. The molecule has 0 spiro atoms. The van der Waals surface area contributed by atoms with E-state index in [2.05, 4.69) is 63.6 Å². The highest BCUT2D eigenvalue weighted by molar-refractivity contribution is 5.47. The maximum atomic E-state index is 13.3. The van der Waals surface area contributed by atoms with E-state index in [1.54, 1.807) is 0 Å². The summed E-state index contributed by atoms with van der Waals surface area (Å²) in [6, 6.07) is 8.29. The van der Waals surface area contributed by atoms with Crippen LogP contribution in [0.5, 0.6) is 0 Å². The SMILES string of the molecule is CCn1c2c(c(=O)n1-c1ccc(C)cc1)C1CC[C@]2(C)C1(C)C. The highest BCUT2D eigenvalue weighted by Gasteiger charge is 2.62. The van der Waals surface area contributed by atoms with Gasteiger partial charge in [0, 0.05) is 17.5 Å². The van der Waals surface area contributed by atoms with Crippen molar-refractivity contribution in [2.24, 2.45) is 5.41 Å². The fourth-order valence-electron chi connectivity index (χ4n) is 5.13. The Bertz CT molecular complexity index is 838. The number of fused-ring (bicyclic) bond motifs is 5. The van der Waals surface area contributed by atoms with Crippen LogP contribution in [-0.2, 0) is 12.0 Å². The molecule has 1 saturated carbocycles. The van der Waals surface area contributed by atoms with Crippen LogP contribution in [0.3, 0.4) is 0 Å². The zero-order chi connectivity index (χ0) is 16.6. The highest BCUT2D eigenvalue weighted by atomic mass is 16.1. The van der Waals surface area contributed by atoms with Gasteiger partial charge in [0.05, 0.1) is 11.4 Å². The van der Waals surface area contributed by atoms with Crippen LogP contribution >= 0.6 is 0 Å². The first-order valence-electron chi connectivity index (χ1n) is 8.76.